The largest absolute Gasteiger partial charge is 0.483 e. The molecule has 0 aromatic heterocycles. The van der Waals surface area contributed by atoms with E-state index in [-0.39, 0.29) is 40.4 Å². The zero-order chi connectivity index (χ0) is 20.0. The number of rotatable bonds is 6. The summed E-state index contributed by atoms with van der Waals surface area (Å²) in [6.45, 7) is -0.199. The maximum atomic E-state index is 13.5. The topological polar surface area (TPSA) is 91.2 Å². The summed E-state index contributed by atoms with van der Waals surface area (Å²) in [5.41, 5.74) is 0.979. The summed E-state index contributed by atoms with van der Waals surface area (Å²) in [5.74, 6) is -1.39. The smallest absolute Gasteiger partial charge is 0.257 e. The fraction of sp³-hybridized carbons (Fsp3) is 0.167. The zero-order valence-electron chi connectivity index (χ0n) is 14.1. The number of nitriles is 1. The van der Waals surface area contributed by atoms with Crippen LogP contribution in [0, 0.1) is 17.1 Å². The molecule has 2 aromatic carbocycles. The van der Waals surface area contributed by atoms with Crippen LogP contribution >= 0.6 is 23.2 Å². The summed E-state index contributed by atoms with van der Waals surface area (Å²) in [6, 6.07) is 8.93. The Bertz CT molecular complexity index is 906. The molecule has 2 aromatic rings. The second-order valence-electron chi connectivity index (χ2n) is 5.33. The van der Waals surface area contributed by atoms with Crippen molar-refractivity contribution in [3.05, 3.63) is 62.9 Å². The maximum Gasteiger partial charge on any atom is 0.257 e. The molecule has 0 aliphatic carbocycles. The quantitative estimate of drug-likeness (QED) is 0.717. The van der Waals surface area contributed by atoms with Crippen LogP contribution in [0.25, 0.3) is 0 Å². The number of nitrogens with one attached hydrogen (secondary N) is 2. The molecule has 2 rings (SSSR count). The van der Waals surface area contributed by atoms with Gasteiger partial charge in [0.25, 0.3) is 11.8 Å². The Morgan fingerprint density at radius 2 is 1.89 bits per heavy atom. The molecule has 0 atom stereocenters. The highest BCUT2D eigenvalue weighted by Gasteiger charge is 2.14. The average Bonchev–Trinajstić information content (AvgIpc) is 2.67. The lowest BCUT2D eigenvalue weighted by molar-refractivity contribution is -0.122. The van der Waals surface area contributed by atoms with Gasteiger partial charge in [0, 0.05) is 24.7 Å². The fourth-order valence-electron chi connectivity index (χ4n) is 2.08. The number of carbonyl (C=O) groups excluding carboxylic acids is 2. The van der Waals surface area contributed by atoms with Crippen molar-refractivity contribution in [3.63, 3.8) is 0 Å². The van der Waals surface area contributed by atoms with Crippen LogP contribution in [0.4, 0.5) is 4.39 Å². The molecule has 0 saturated heterocycles. The first-order chi connectivity index (χ1) is 12.8. The van der Waals surface area contributed by atoms with Crippen molar-refractivity contribution in [1.82, 2.24) is 10.6 Å². The van der Waals surface area contributed by atoms with Gasteiger partial charge in [0.15, 0.2) is 12.4 Å². The summed E-state index contributed by atoms with van der Waals surface area (Å²) in [7, 11) is 1.47. The van der Waals surface area contributed by atoms with E-state index in [1.54, 1.807) is 12.1 Å². The summed E-state index contributed by atoms with van der Waals surface area (Å²) in [5, 5.41) is 13.5. The van der Waals surface area contributed by atoms with Gasteiger partial charge in [-0.05, 0) is 24.3 Å². The molecule has 140 valence electrons. The Hall–Kier alpha value is -2.82. The number of carbonyl (C=O) groups is 2. The van der Waals surface area contributed by atoms with E-state index >= 15 is 0 Å². The second-order valence-corrected chi connectivity index (χ2v) is 6.15. The fourth-order valence-corrected chi connectivity index (χ4v) is 2.57. The number of halogens is 3. The highest BCUT2D eigenvalue weighted by Crippen LogP contribution is 2.25. The van der Waals surface area contributed by atoms with Gasteiger partial charge in [-0.25, -0.2) is 4.39 Å². The highest BCUT2D eigenvalue weighted by atomic mass is 35.5. The molecule has 0 bridgehead atoms. The predicted octanol–water partition coefficient (Wildman–Crippen LogP) is 3.06. The lowest BCUT2D eigenvalue weighted by Crippen LogP contribution is -2.26. The monoisotopic (exact) mass is 409 g/mol. The summed E-state index contributed by atoms with van der Waals surface area (Å²) >= 11 is 11.4. The van der Waals surface area contributed by atoms with Gasteiger partial charge in [-0.3, -0.25) is 9.59 Å². The minimum atomic E-state index is -0.799. The molecule has 0 aliphatic rings. The maximum absolute atomic E-state index is 13.5. The third-order valence-corrected chi connectivity index (χ3v) is 4.07. The first kappa shape index (κ1) is 20.5. The van der Waals surface area contributed by atoms with Crippen LogP contribution in [-0.2, 0) is 11.3 Å². The van der Waals surface area contributed by atoms with Gasteiger partial charge in [-0.15, -0.1) is 0 Å². The number of ether oxygens (including phenoxy) is 1. The molecule has 0 heterocycles. The van der Waals surface area contributed by atoms with Crippen molar-refractivity contribution in [2.45, 2.75) is 6.54 Å². The minimum Gasteiger partial charge on any atom is -0.483 e. The van der Waals surface area contributed by atoms with Crippen molar-refractivity contribution >= 4 is 35.0 Å². The Labute approximate surface area is 164 Å². The van der Waals surface area contributed by atoms with Crippen molar-refractivity contribution < 1.29 is 18.7 Å². The van der Waals surface area contributed by atoms with E-state index in [1.807, 2.05) is 6.07 Å². The Morgan fingerprint density at radius 3 is 2.48 bits per heavy atom. The van der Waals surface area contributed by atoms with Crippen LogP contribution in [0.3, 0.4) is 0 Å². The minimum absolute atomic E-state index is 0.0419. The third-order valence-electron chi connectivity index (χ3n) is 3.52. The third kappa shape index (κ3) is 5.33. The van der Waals surface area contributed by atoms with Crippen LogP contribution in [-0.4, -0.2) is 25.5 Å². The molecule has 0 saturated carbocycles. The molecule has 9 heteroatoms. The van der Waals surface area contributed by atoms with Gasteiger partial charge >= 0.3 is 0 Å². The van der Waals surface area contributed by atoms with Crippen LogP contribution < -0.4 is 15.4 Å². The van der Waals surface area contributed by atoms with Crippen LogP contribution in [0.2, 0.25) is 10.0 Å². The highest BCUT2D eigenvalue weighted by molar-refractivity contribution is 6.35. The summed E-state index contributed by atoms with van der Waals surface area (Å²) < 4.78 is 18.9. The van der Waals surface area contributed by atoms with Crippen molar-refractivity contribution in [1.29, 1.82) is 5.26 Å². The van der Waals surface area contributed by atoms with Crippen LogP contribution in [0.1, 0.15) is 21.5 Å². The molecule has 0 spiro atoms. The normalized spacial score (nSPS) is 10.0. The first-order valence-electron chi connectivity index (χ1n) is 7.64. The molecule has 0 aliphatic heterocycles. The van der Waals surface area contributed by atoms with Crippen molar-refractivity contribution in [2.75, 3.05) is 13.7 Å². The average molecular weight is 410 g/mol. The van der Waals surface area contributed by atoms with E-state index < -0.39 is 11.7 Å². The van der Waals surface area contributed by atoms with Crippen molar-refractivity contribution in [3.8, 4) is 11.8 Å². The van der Waals surface area contributed by atoms with Gasteiger partial charge in [-0.1, -0.05) is 29.3 Å². The van der Waals surface area contributed by atoms with E-state index in [4.69, 9.17) is 33.2 Å². The van der Waals surface area contributed by atoms with Crippen LogP contribution in [0.5, 0.6) is 5.75 Å². The number of hydrogen-bond donors (Lipinski definition) is 2. The first-order valence-corrected chi connectivity index (χ1v) is 8.40. The van der Waals surface area contributed by atoms with Gasteiger partial charge in [0.05, 0.1) is 21.7 Å². The molecular formula is C18H14Cl2FN3O3. The standard InChI is InChI=1S/C18H14Cl2FN3O3/c1-23-16(25)9-27-15-4-10(7-22)2-3-11(15)8-24-18(26)12-5-13(19)17(21)14(20)6-12/h2-6H,8-9H2,1H3,(H,23,25)(H,24,26). The van der Waals surface area contributed by atoms with E-state index in [0.717, 1.165) is 0 Å². The van der Waals surface area contributed by atoms with Crippen LogP contribution in [0.15, 0.2) is 30.3 Å². The van der Waals surface area contributed by atoms with E-state index in [1.165, 1.54) is 25.2 Å². The van der Waals surface area contributed by atoms with Gasteiger partial charge in [-0.2, -0.15) is 5.26 Å². The molecule has 2 amide bonds. The molecule has 0 fully saturated rings. The number of amides is 2. The van der Waals surface area contributed by atoms with Gasteiger partial charge in [0.1, 0.15) is 5.75 Å². The number of nitrogens with zero attached hydrogens (tertiary/aromatic N) is 1. The summed E-state index contributed by atoms with van der Waals surface area (Å²) in [4.78, 5) is 23.6. The van der Waals surface area contributed by atoms with Gasteiger partial charge < -0.3 is 15.4 Å². The molecule has 6 nitrogen and oxygen atoms in total. The SMILES string of the molecule is CNC(=O)COc1cc(C#N)ccc1CNC(=O)c1cc(Cl)c(F)c(Cl)c1. The number of likely N-dealkylation sites (N-methyl/N-ethyl adjacent to an activating group) is 1. The molecular weight excluding hydrogens is 396 g/mol. The lowest BCUT2D eigenvalue weighted by Gasteiger charge is -2.13. The second kappa shape index (κ2) is 9.21. The Balaban J connectivity index is 2.15. The molecule has 2 N–H and O–H groups in total. The van der Waals surface area contributed by atoms with Gasteiger partial charge in [0.2, 0.25) is 0 Å². The number of hydrogen-bond acceptors (Lipinski definition) is 4. The Kier molecular flexibility index (Phi) is 6.99. The summed E-state index contributed by atoms with van der Waals surface area (Å²) in [6.07, 6.45) is 0. The predicted molar refractivity (Wildman–Crippen MR) is 98.3 cm³/mol. The molecule has 0 radical (unpaired) electrons. The molecule has 27 heavy (non-hydrogen) atoms. The van der Waals surface area contributed by atoms with E-state index in [9.17, 15) is 14.0 Å². The Morgan fingerprint density at radius 1 is 1.22 bits per heavy atom. The van der Waals surface area contributed by atoms with E-state index in [2.05, 4.69) is 10.6 Å². The molecule has 0 unspecified atom stereocenters. The zero-order valence-corrected chi connectivity index (χ0v) is 15.6. The van der Waals surface area contributed by atoms with E-state index in [0.29, 0.717) is 11.1 Å². The lowest BCUT2D eigenvalue weighted by atomic mass is 10.1. The number of benzene rings is 2. The van der Waals surface area contributed by atoms with Crippen molar-refractivity contribution in [2.24, 2.45) is 0 Å².